The van der Waals surface area contributed by atoms with E-state index in [1.54, 1.807) is 0 Å². The maximum absolute atomic E-state index is 6.31. The second-order valence-corrected chi connectivity index (χ2v) is 6.65. The summed E-state index contributed by atoms with van der Waals surface area (Å²) in [6.07, 6.45) is 5.96. The molecule has 1 heterocycles. The van der Waals surface area contributed by atoms with Crippen molar-refractivity contribution in [2.45, 2.75) is 57.6 Å². The first-order valence-electron chi connectivity index (χ1n) is 7.24. The summed E-state index contributed by atoms with van der Waals surface area (Å²) in [7, 11) is 2.04. The maximum atomic E-state index is 6.31. The van der Waals surface area contributed by atoms with E-state index in [1.807, 2.05) is 7.05 Å². The van der Waals surface area contributed by atoms with Crippen molar-refractivity contribution in [1.82, 2.24) is 5.32 Å². The quantitative estimate of drug-likeness (QED) is 0.783. The van der Waals surface area contributed by atoms with Gasteiger partial charge in [-0.15, -0.1) is 0 Å². The second kappa shape index (κ2) is 6.27. The largest absolute Gasteiger partial charge is 0.487 e. The summed E-state index contributed by atoms with van der Waals surface area (Å²) in [5.41, 5.74) is 1.23. The highest BCUT2D eigenvalue weighted by molar-refractivity contribution is 9.10. The van der Waals surface area contributed by atoms with Crippen molar-refractivity contribution in [3.63, 3.8) is 0 Å². The molecule has 0 fully saturated rings. The molecule has 19 heavy (non-hydrogen) atoms. The number of halogens is 1. The van der Waals surface area contributed by atoms with Gasteiger partial charge in [0, 0.05) is 22.5 Å². The molecule has 3 heteroatoms. The van der Waals surface area contributed by atoms with E-state index >= 15 is 0 Å². The summed E-state index contributed by atoms with van der Waals surface area (Å²) in [5, 5.41) is 3.43. The molecule has 2 rings (SSSR count). The summed E-state index contributed by atoms with van der Waals surface area (Å²) >= 11 is 3.53. The molecule has 0 radical (unpaired) electrons. The van der Waals surface area contributed by atoms with Gasteiger partial charge in [-0.05, 0) is 38.9 Å². The summed E-state index contributed by atoms with van der Waals surface area (Å²) < 4.78 is 7.39. The minimum absolute atomic E-state index is 0.0450. The SMILES string of the molecule is CCCCCC1(C)CC(NC)c2ccc(Br)cc2O1. The molecule has 1 aromatic carbocycles. The Hall–Kier alpha value is -0.540. The van der Waals surface area contributed by atoms with Crippen LogP contribution in [0.1, 0.15) is 57.6 Å². The molecular formula is C16H24BrNO. The van der Waals surface area contributed by atoms with Crippen molar-refractivity contribution in [1.29, 1.82) is 0 Å². The first-order valence-corrected chi connectivity index (χ1v) is 8.03. The number of ether oxygens (including phenoxy) is 1. The van der Waals surface area contributed by atoms with E-state index < -0.39 is 0 Å². The highest BCUT2D eigenvalue weighted by atomic mass is 79.9. The third-order valence-corrected chi connectivity index (χ3v) is 4.49. The second-order valence-electron chi connectivity index (χ2n) is 5.74. The van der Waals surface area contributed by atoms with Crippen LogP contribution >= 0.6 is 15.9 Å². The average Bonchev–Trinajstić information content (AvgIpc) is 2.37. The fraction of sp³-hybridized carbons (Fsp3) is 0.625. The van der Waals surface area contributed by atoms with Crippen LogP contribution in [-0.2, 0) is 0 Å². The van der Waals surface area contributed by atoms with Crippen molar-refractivity contribution in [3.05, 3.63) is 28.2 Å². The van der Waals surface area contributed by atoms with Crippen molar-refractivity contribution in [2.75, 3.05) is 7.05 Å². The van der Waals surface area contributed by atoms with Crippen molar-refractivity contribution in [2.24, 2.45) is 0 Å². The van der Waals surface area contributed by atoms with Gasteiger partial charge in [0.05, 0.1) is 0 Å². The minimum atomic E-state index is -0.0450. The van der Waals surface area contributed by atoms with Crippen LogP contribution in [-0.4, -0.2) is 12.6 Å². The van der Waals surface area contributed by atoms with Gasteiger partial charge in [0.25, 0.3) is 0 Å². The Morgan fingerprint density at radius 3 is 2.89 bits per heavy atom. The average molecular weight is 326 g/mol. The van der Waals surface area contributed by atoms with Crippen LogP contribution < -0.4 is 10.1 Å². The van der Waals surface area contributed by atoms with Gasteiger partial charge in [-0.3, -0.25) is 0 Å². The molecule has 0 saturated carbocycles. The maximum Gasteiger partial charge on any atom is 0.126 e. The van der Waals surface area contributed by atoms with E-state index in [9.17, 15) is 0 Å². The van der Waals surface area contributed by atoms with Gasteiger partial charge in [0.15, 0.2) is 0 Å². The molecule has 1 N–H and O–H groups in total. The fourth-order valence-corrected chi connectivity index (χ4v) is 3.23. The molecule has 1 aliphatic rings. The van der Waals surface area contributed by atoms with E-state index in [-0.39, 0.29) is 5.60 Å². The van der Waals surface area contributed by atoms with Gasteiger partial charge in [-0.1, -0.05) is 41.8 Å². The Labute approximate surface area is 125 Å². The molecular weight excluding hydrogens is 302 g/mol. The first-order chi connectivity index (χ1) is 9.08. The van der Waals surface area contributed by atoms with Crippen LogP contribution in [0, 0.1) is 0 Å². The van der Waals surface area contributed by atoms with Gasteiger partial charge in [-0.25, -0.2) is 0 Å². The van der Waals surface area contributed by atoms with Gasteiger partial charge in [0.1, 0.15) is 11.4 Å². The molecule has 0 aromatic heterocycles. The smallest absolute Gasteiger partial charge is 0.126 e. The lowest BCUT2D eigenvalue weighted by atomic mass is 9.85. The molecule has 0 amide bonds. The van der Waals surface area contributed by atoms with Crippen LogP contribution in [0.2, 0.25) is 0 Å². The van der Waals surface area contributed by atoms with Crippen molar-refractivity contribution < 1.29 is 4.74 Å². The number of hydrogen-bond donors (Lipinski definition) is 1. The van der Waals surface area contributed by atoms with Crippen LogP contribution in [0.3, 0.4) is 0 Å². The number of nitrogens with one attached hydrogen (secondary N) is 1. The molecule has 0 bridgehead atoms. The number of rotatable bonds is 5. The van der Waals surface area contributed by atoms with E-state index in [4.69, 9.17) is 4.74 Å². The monoisotopic (exact) mass is 325 g/mol. The minimum Gasteiger partial charge on any atom is -0.487 e. The van der Waals surface area contributed by atoms with Crippen molar-refractivity contribution >= 4 is 15.9 Å². The predicted octanol–water partition coefficient (Wildman–Crippen LogP) is 4.83. The van der Waals surface area contributed by atoms with Crippen molar-refractivity contribution in [3.8, 4) is 5.75 Å². The van der Waals surface area contributed by atoms with Crippen LogP contribution in [0.4, 0.5) is 0 Å². The Bertz CT molecular complexity index is 435. The van der Waals surface area contributed by atoms with Crippen LogP contribution in [0.25, 0.3) is 0 Å². The lowest BCUT2D eigenvalue weighted by molar-refractivity contribution is 0.0384. The van der Waals surface area contributed by atoms with Crippen LogP contribution in [0.15, 0.2) is 22.7 Å². The molecule has 2 nitrogen and oxygen atoms in total. The first kappa shape index (κ1) is 14.9. The molecule has 1 aromatic rings. The summed E-state index contributed by atoms with van der Waals surface area (Å²) in [5.74, 6) is 1.03. The van der Waals surface area contributed by atoms with Gasteiger partial charge in [-0.2, -0.15) is 0 Å². The molecule has 2 unspecified atom stereocenters. The third-order valence-electron chi connectivity index (χ3n) is 4.00. The highest BCUT2D eigenvalue weighted by Gasteiger charge is 2.36. The number of unbranched alkanes of at least 4 members (excludes halogenated alkanes) is 2. The summed E-state index contributed by atoms with van der Waals surface area (Å²) in [6, 6.07) is 6.73. The third kappa shape index (κ3) is 3.51. The predicted molar refractivity (Wildman–Crippen MR) is 83.7 cm³/mol. The normalized spacial score (nSPS) is 25.8. The highest BCUT2D eigenvalue weighted by Crippen LogP contribution is 2.42. The number of fused-ring (bicyclic) bond motifs is 1. The number of benzene rings is 1. The van der Waals surface area contributed by atoms with Gasteiger partial charge >= 0.3 is 0 Å². The Balaban J connectivity index is 2.19. The van der Waals surface area contributed by atoms with E-state index in [1.165, 1.54) is 24.8 Å². The lowest BCUT2D eigenvalue weighted by Crippen LogP contribution is -2.41. The topological polar surface area (TPSA) is 21.3 Å². The Morgan fingerprint density at radius 1 is 1.42 bits per heavy atom. The van der Waals surface area contributed by atoms with E-state index in [0.29, 0.717) is 6.04 Å². The lowest BCUT2D eigenvalue weighted by Gasteiger charge is -2.40. The standard InChI is InChI=1S/C16H24BrNO/c1-4-5-6-9-16(2)11-14(18-3)13-8-7-12(17)10-15(13)19-16/h7-8,10,14,18H,4-6,9,11H2,1-3H3. The zero-order valence-corrected chi connectivity index (χ0v) is 13.7. The van der Waals surface area contributed by atoms with Crippen LogP contribution in [0.5, 0.6) is 5.75 Å². The summed E-state index contributed by atoms with van der Waals surface area (Å²) in [4.78, 5) is 0. The zero-order chi connectivity index (χ0) is 13.9. The Kier molecular flexibility index (Phi) is 4.91. The molecule has 1 aliphatic heterocycles. The molecule has 2 atom stereocenters. The van der Waals surface area contributed by atoms with Gasteiger partial charge in [0.2, 0.25) is 0 Å². The molecule has 0 saturated heterocycles. The van der Waals surface area contributed by atoms with E-state index in [0.717, 1.165) is 23.1 Å². The molecule has 0 spiro atoms. The zero-order valence-electron chi connectivity index (χ0n) is 12.1. The number of hydrogen-bond acceptors (Lipinski definition) is 2. The molecule has 0 aliphatic carbocycles. The van der Waals surface area contributed by atoms with Gasteiger partial charge < -0.3 is 10.1 Å². The fourth-order valence-electron chi connectivity index (χ4n) is 2.89. The Morgan fingerprint density at radius 2 is 2.21 bits per heavy atom. The van der Waals surface area contributed by atoms with E-state index in [2.05, 4.69) is 53.3 Å². The summed E-state index contributed by atoms with van der Waals surface area (Å²) in [6.45, 7) is 4.49. The molecule has 106 valence electrons.